The first-order valence-electron chi connectivity index (χ1n) is 12.7. The zero-order valence-corrected chi connectivity index (χ0v) is 24.5. The molecule has 0 saturated carbocycles. The van der Waals surface area contributed by atoms with Crippen LogP contribution in [0.3, 0.4) is 0 Å². The Balaban J connectivity index is 0.00000210. The van der Waals surface area contributed by atoms with Crippen molar-refractivity contribution in [2.75, 3.05) is 23.1 Å². The van der Waals surface area contributed by atoms with Crippen molar-refractivity contribution in [2.45, 2.75) is 45.3 Å². The minimum atomic E-state index is -3.53. The quantitative estimate of drug-likeness (QED) is 0.266. The average Bonchev–Trinajstić information content (AvgIpc) is 3.28. The second kappa shape index (κ2) is 12.0. The van der Waals surface area contributed by atoms with Crippen LogP contribution in [0, 0.1) is 10.8 Å². The van der Waals surface area contributed by atoms with Gasteiger partial charge in [-0.25, -0.2) is 8.42 Å². The number of sulfonamides is 1. The summed E-state index contributed by atoms with van der Waals surface area (Å²) in [5.41, 5.74) is 8.88. The van der Waals surface area contributed by atoms with Crippen molar-refractivity contribution in [3.8, 4) is 5.75 Å². The summed E-state index contributed by atoms with van der Waals surface area (Å²) in [5, 5.41) is 17.5. The molecule has 0 radical (unpaired) electrons. The van der Waals surface area contributed by atoms with Crippen molar-refractivity contribution in [2.24, 2.45) is 5.73 Å². The maximum atomic E-state index is 13.3. The molecule has 0 aromatic heterocycles. The van der Waals surface area contributed by atoms with Crippen LogP contribution in [0.5, 0.6) is 5.75 Å². The van der Waals surface area contributed by atoms with Crippen LogP contribution in [-0.2, 0) is 16.4 Å². The number of rotatable bonds is 6. The van der Waals surface area contributed by atoms with Crippen molar-refractivity contribution >= 4 is 63.0 Å². The van der Waals surface area contributed by atoms with E-state index in [2.05, 4.69) is 4.90 Å². The molecule has 0 amide bonds. The van der Waals surface area contributed by atoms with Gasteiger partial charge in [-0.05, 0) is 66.1 Å². The van der Waals surface area contributed by atoms with Crippen LogP contribution in [0.4, 0.5) is 5.69 Å². The highest BCUT2D eigenvalue weighted by Crippen LogP contribution is 2.44. The zero-order chi connectivity index (χ0) is 26.3. The maximum absolute atomic E-state index is 13.3. The Bertz CT molecular complexity index is 1490. The van der Waals surface area contributed by atoms with E-state index in [1.807, 2.05) is 61.5 Å². The molecule has 0 bridgehead atoms. The lowest BCUT2D eigenvalue weighted by atomic mass is 9.98. The Morgan fingerprint density at radius 1 is 1.00 bits per heavy atom. The molecule has 4 N–H and O–H groups in total. The number of hydrogen-bond acceptors (Lipinski definition) is 5. The largest absolute Gasteiger partial charge is 0.490 e. The summed E-state index contributed by atoms with van der Waals surface area (Å²) in [6.07, 6.45) is 2.34. The Hall–Kier alpha value is -3.01. The zero-order valence-electron chi connectivity index (χ0n) is 22.0. The number of hydrogen-bond donors (Lipinski definition) is 3. The molecule has 8 nitrogen and oxygen atoms in total. The molecule has 0 spiro atoms. The van der Waals surface area contributed by atoms with Crippen LogP contribution in [-0.4, -0.2) is 49.9 Å². The summed E-state index contributed by atoms with van der Waals surface area (Å²) < 4.78 is 34.4. The standard InChI is InChI=1S/C28H33N5O3S.2ClH/c1-3-37(34,35)33-26-9-8-25(36-24-10-12-32(13-11-24)18(2)29)16-23(26)17-27(33)20-6-4-19-5-7-21(28(30)31)15-22(19)14-20;;/h4-9,14-16,24,27,29H,3,10-13,17H2,1-2H3,(H3,30,31);2*1H. The van der Waals surface area contributed by atoms with E-state index < -0.39 is 10.0 Å². The number of piperidine rings is 1. The number of nitrogens with two attached hydrogens (primary N) is 1. The summed E-state index contributed by atoms with van der Waals surface area (Å²) in [6.45, 7) is 5.10. The van der Waals surface area contributed by atoms with Crippen LogP contribution in [0.1, 0.15) is 49.4 Å². The first kappa shape index (κ1) is 30.5. The van der Waals surface area contributed by atoms with Gasteiger partial charge in [0.15, 0.2) is 0 Å². The van der Waals surface area contributed by atoms with Crippen LogP contribution in [0.15, 0.2) is 54.6 Å². The number of ether oxygens (including phenoxy) is 1. The van der Waals surface area contributed by atoms with Gasteiger partial charge in [-0.1, -0.05) is 24.3 Å². The summed E-state index contributed by atoms with van der Waals surface area (Å²) in [5.74, 6) is 1.35. The van der Waals surface area contributed by atoms with E-state index in [1.165, 1.54) is 0 Å². The fourth-order valence-electron chi connectivity index (χ4n) is 5.35. The van der Waals surface area contributed by atoms with Crippen LogP contribution in [0.2, 0.25) is 0 Å². The first-order valence-corrected chi connectivity index (χ1v) is 14.3. The third-order valence-corrected chi connectivity index (χ3v) is 9.21. The lowest BCUT2D eigenvalue weighted by Crippen LogP contribution is -2.40. The van der Waals surface area contributed by atoms with Crippen molar-refractivity contribution < 1.29 is 13.2 Å². The second-order valence-corrected chi connectivity index (χ2v) is 12.0. The Morgan fingerprint density at radius 2 is 1.69 bits per heavy atom. The fraction of sp³-hybridized carbons (Fsp3) is 0.357. The Labute approximate surface area is 242 Å². The predicted molar refractivity (Wildman–Crippen MR) is 163 cm³/mol. The van der Waals surface area contributed by atoms with E-state index in [0.717, 1.165) is 53.6 Å². The molecule has 210 valence electrons. The molecule has 1 unspecified atom stereocenters. The van der Waals surface area contributed by atoms with Gasteiger partial charge < -0.3 is 15.4 Å². The molecule has 3 aromatic rings. The minimum absolute atomic E-state index is 0. The molecular weight excluding hydrogens is 557 g/mol. The van der Waals surface area contributed by atoms with Gasteiger partial charge in [-0.2, -0.15) is 0 Å². The molecule has 3 aromatic carbocycles. The highest BCUT2D eigenvalue weighted by Gasteiger charge is 2.38. The summed E-state index contributed by atoms with van der Waals surface area (Å²) in [6, 6.07) is 17.0. The summed E-state index contributed by atoms with van der Waals surface area (Å²) in [7, 11) is -3.53. The third kappa shape index (κ3) is 6.10. The molecule has 5 rings (SSSR count). The smallest absolute Gasteiger partial charge is 0.235 e. The second-order valence-electron chi connectivity index (χ2n) is 9.83. The van der Waals surface area contributed by atoms with E-state index in [4.69, 9.17) is 21.3 Å². The fourth-order valence-corrected chi connectivity index (χ4v) is 6.69. The molecule has 1 atom stereocenters. The normalized spacial score (nSPS) is 17.2. The minimum Gasteiger partial charge on any atom is -0.490 e. The van der Waals surface area contributed by atoms with E-state index >= 15 is 0 Å². The van der Waals surface area contributed by atoms with Crippen LogP contribution >= 0.6 is 24.8 Å². The van der Waals surface area contributed by atoms with E-state index in [-0.39, 0.29) is 48.5 Å². The van der Waals surface area contributed by atoms with Crippen molar-refractivity contribution in [1.29, 1.82) is 10.8 Å². The Kier molecular flexibility index (Phi) is 9.41. The monoisotopic (exact) mass is 591 g/mol. The van der Waals surface area contributed by atoms with Gasteiger partial charge in [-0.3, -0.25) is 15.1 Å². The van der Waals surface area contributed by atoms with Crippen molar-refractivity contribution in [3.05, 3.63) is 71.3 Å². The molecule has 2 heterocycles. The van der Waals surface area contributed by atoms with Crippen LogP contribution < -0.4 is 14.8 Å². The topological polar surface area (TPSA) is 124 Å². The number of likely N-dealkylation sites (tertiary alicyclic amines) is 1. The molecular formula is C28H35Cl2N5O3S. The van der Waals surface area contributed by atoms with E-state index in [9.17, 15) is 8.42 Å². The van der Waals surface area contributed by atoms with Crippen LogP contribution in [0.25, 0.3) is 10.8 Å². The molecule has 1 fully saturated rings. The molecule has 2 aliphatic heterocycles. The predicted octanol–water partition coefficient (Wildman–Crippen LogP) is 5.26. The van der Waals surface area contributed by atoms with Gasteiger partial charge in [0, 0.05) is 37.9 Å². The number of nitrogen functional groups attached to an aromatic ring is 1. The summed E-state index contributed by atoms with van der Waals surface area (Å²) >= 11 is 0. The Morgan fingerprint density at radius 3 is 2.33 bits per heavy atom. The van der Waals surface area contributed by atoms with Gasteiger partial charge in [0.2, 0.25) is 10.0 Å². The number of anilines is 1. The average molecular weight is 593 g/mol. The number of amidine groups is 2. The number of nitrogens with one attached hydrogen (secondary N) is 2. The number of fused-ring (bicyclic) bond motifs is 2. The van der Waals surface area contributed by atoms with Gasteiger partial charge in [0.1, 0.15) is 17.7 Å². The van der Waals surface area contributed by atoms with Crippen molar-refractivity contribution in [1.82, 2.24) is 4.90 Å². The van der Waals surface area contributed by atoms with Crippen molar-refractivity contribution in [3.63, 3.8) is 0 Å². The highest BCUT2D eigenvalue weighted by atomic mass is 35.5. The maximum Gasteiger partial charge on any atom is 0.235 e. The van der Waals surface area contributed by atoms with Gasteiger partial charge in [0.25, 0.3) is 0 Å². The van der Waals surface area contributed by atoms with Gasteiger partial charge >= 0.3 is 0 Å². The third-order valence-electron chi connectivity index (χ3n) is 7.43. The lowest BCUT2D eigenvalue weighted by Gasteiger charge is -2.33. The molecule has 0 aliphatic carbocycles. The number of halogens is 2. The molecule has 1 saturated heterocycles. The van der Waals surface area contributed by atoms with E-state index in [0.29, 0.717) is 23.5 Å². The number of nitrogens with zero attached hydrogens (tertiary/aromatic N) is 2. The SMILES string of the molecule is CCS(=O)(=O)N1c2ccc(OC3CCN(C(C)=N)CC3)cc2CC1c1ccc2ccc(C(=N)N)cc2c1.Cl.Cl. The lowest BCUT2D eigenvalue weighted by molar-refractivity contribution is 0.130. The molecule has 2 aliphatic rings. The van der Waals surface area contributed by atoms with Gasteiger partial charge in [-0.15, -0.1) is 24.8 Å². The molecule has 11 heteroatoms. The highest BCUT2D eigenvalue weighted by molar-refractivity contribution is 7.92. The number of benzene rings is 3. The summed E-state index contributed by atoms with van der Waals surface area (Å²) in [4.78, 5) is 2.06. The van der Waals surface area contributed by atoms with Gasteiger partial charge in [0.05, 0.1) is 23.3 Å². The molecule has 39 heavy (non-hydrogen) atoms. The van der Waals surface area contributed by atoms with E-state index in [1.54, 1.807) is 11.2 Å². The first-order chi connectivity index (χ1) is 17.7.